The summed E-state index contributed by atoms with van der Waals surface area (Å²) in [6.45, 7) is 9.53. The molecule has 19 heteroatoms. The quantitative estimate of drug-likeness (QED) is 0.0222. The Morgan fingerprint density at radius 1 is 0.309 bits per heavy atom. The number of aliphatic hydroxyl groups is 1. The van der Waals surface area contributed by atoms with E-state index in [4.69, 9.17) is 37.0 Å². The molecule has 0 aliphatic carbocycles. The van der Waals surface area contributed by atoms with Crippen LogP contribution in [0.5, 0.6) is 0 Å². The highest BCUT2D eigenvalue weighted by atomic mass is 31.2. The lowest BCUT2D eigenvalue weighted by Gasteiger charge is -2.21. The maximum Gasteiger partial charge on any atom is 0.472 e. The number of carbonyl (C=O) groups excluding carboxylic acids is 4. The molecule has 0 heterocycles. The normalized spacial score (nSPS) is 14.3. The zero-order valence-electron chi connectivity index (χ0n) is 61.3. The highest BCUT2D eigenvalue weighted by Gasteiger charge is 2.30. The number of phosphoric ester groups is 2. The molecular weight excluding hydrogens is 1230 g/mol. The second-order valence-electron chi connectivity index (χ2n) is 27.8. The first-order chi connectivity index (χ1) is 45.4. The van der Waals surface area contributed by atoms with E-state index in [0.29, 0.717) is 31.6 Å². The van der Waals surface area contributed by atoms with Crippen molar-refractivity contribution in [2.45, 2.75) is 407 Å². The molecule has 17 nitrogen and oxygen atoms in total. The Labute approximate surface area is 575 Å². The monoisotopic (exact) mass is 1380 g/mol. The number of ether oxygens (including phenoxy) is 4. The van der Waals surface area contributed by atoms with Crippen LogP contribution < -0.4 is 0 Å². The van der Waals surface area contributed by atoms with Crippen LogP contribution >= 0.6 is 15.6 Å². The largest absolute Gasteiger partial charge is 0.472 e. The molecule has 0 aromatic heterocycles. The topological polar surface area (TPSA) is 237 Å². The van der Waals surface area contributed by atoms with E-state index in [1.165, 1.54) is 199 Å². The third kappa shape index (κ3) is 67.3. The summed E-state index contributed by atoms with van der Waals surface area (Å²) in [5.74, 6) is -0.584. The van der Waals surface area contributed by atoms with Gasteiger partial charge in [0, 0.05) is 25.7 Å². The molecule has 94 heavy (non-hydrogen) atoms. The second kappa shape index (κ2) is 66.9. The number of rotatable bonds is 74. The number of esters is 4. The maximum atomic E-state index is 13.1. The Bertz CT molecular complexity index is 1820. The van der Waals surface area contributed by atoms with Crippen molar-refractivity contribution in [2.24, 2.45) is 11.8 Å². The van der Waals surface area contributed by atoms with Crippen LogP contribution in [0.1, 0.15) is 388 Å². The molecule has 558 valence electrons. The van der Waals surface area contributed by atoms with Crippen LogP contribution in [0.3, 0.4) is 0 Å². The number of carbonyl (C=O) groups is 4. The van der Waals surface area contributed by atoms with Gasteiger partial charge in [0.05, 0.1) is 26.4 Å². The summed E-state index contributed by atoms with van der Waals surface area (Å²) < 4.78 is 68.3. The van der Waals surface area contributed by atoms with E-state index >= 15 is 0 Å². The maximum absolute atomic E-state index is 13.1. The van der Waals surface area contributed by atoms with Gasteiger partial charge in [-0.1, -0.05) is 337 Å². The van der Waals surface area contributed by atoms with Crippen LogP contribution in [0.4, 0.5) is 0 Å². The van der Waals surface area contributed by atoms with Crippen molar-refractivity contribution in [3.63, 3.8) is 0 Å². The van der Waals surface area contributed by atoms with Gasteiger partial charge in [-0.05, 0) is 37.5 Å². The molecule has 0 aliphatic rings. The van der Waals surface area contributed by atoms with Gasteiger partial charge in [0.2, 0.25) is 0 Å². The van der Waals surface area contributed by atoms with Gasteiger partial charge in [-0.3, -0.25) is 37.3 Å². The number of hydrogen-bond donors (Lipinski definition) is 3. The summed E-state index contributed by atoms with van der Waals surface area (Å²) in [5, 5.41) is 10.6. The molecule has 0 spiro atoms. The molecule has 0 saturated heterocycles. The smallest absolute Gasteiger partial charge is 0.462 e. The molecule has 6 atom stereocenters. The Balaban J connectivity index is 5.15. The summed E-state index contributed by atoms with van der Waals surface area (Å²) in [4.78, 5) is 72.6. The highest BCUT2D eigenvalue weighted by Crippen LogP contribution is 2.45. The third-order valence-electron chi connectivity index (χ3n) is 17.8. The zero-order chi connectivity index (χ0) is 69.3. The first kappa shape index (κ1) is 92.1. The summed E-state index contributed by atoms with van der Waals surface area (Å²) in [5.41, 5.74) is 0. The van der Waals surface area contributed by atoms with Gasteiger partial charge in [0.25, 0.3) is 0 Å². The van der Waals surface area contributed by atoms with E-state index in [2.05, 4.69) is 41.5 Å². The predicted molar refractivity (Wildman–Crippen MR) is 381 cm³/mol. The predicted octanol–water partition coefficient (Wildman–Crippen LogP) is 21.9. The molecule has 0 amide bonds. The fraction of sp³-hybridized carbons (Fsp3) is 0.947. The number of hydrogen-bond acceptors (Lipinski definition) is 15. The Morgan fingerprint density at radius 3 is 0.809 bits per heavy atom. The third-order valence-corrected chi connectivity index (χ3v) is 19.7. The molecule has 3 unspecified atom stereocenters. The molecule has 0 bridgehead atoms. The summed E-state index contributed by atoms with van der Waals surface area (Å²) in [6.07, 6.45) is 54.4. The molecular formula is C75H146O17P2. The van der Waals surface area contributed by atoms with Crippen molar-refractivity contribution < 1.29 is 80.2 Å². The molecule has 0 rings (SSSR count). The van der Waals surface area contributed by atoms with Crippen molar-refractivity contribution in [1.82, 2.24) is 0 Å². The van der Waals surface area contributed by atoms with Crippen LogP contribution in [0.15, 0.2) is 0 Å². The van der Waals surface area contributed by atoms with Crippen molar-refractivity contribution in [1.29, 1.82) is 0 Å². The van der Waals surface area contributed by atoms with Gasteiger partial charge in [-0.15, -0.1) is 0 Å². The molecule has 0 radical (unpaired) electrons. The summed E-state index contributed by atoms with van der Waals surface area (Å²) in [7, 11) is -9.90. The van der Waals surface area contributed by atoms with Gasteiger partial charge in [0.15, 0.2) is 12.2 Å². The molecule has 0 aromatic rings. The van der Waals surface area contributed by atoms with Crippen LogP contribution in [0.2, 0.25) is 0 Å². The SMILES string of the molecule is CCCCCCCCCCCCCCCCCC(=O)OC[C@H](COP(=O)(O)OC[C@@H](O)COP(=O)(O)OC[C@@H](COC(=O)CCCCCCCCCC)OC(=O)CCCCCCCCC(C)C)OC(=O)CCCCCCCCCCCCCCCCCCCCC(C)CC. The number of phosphoric acid groups is 2. The highest BCUT2D eigenvalue weighted by molar-refractivity contribution is 7.47. The summed E-state index contributed by atoms with van der Waals surface area (Å²) >= 11 is 0. The number of unbranched alkanes of at least 4 members (excludes halogenated alkanes) is 43. The lowest BCUT2D eigenvalue weighted by atomic mass is 9.99. The van der Waals surface area contributed by atoms with Gasteiger partial charge in [-0.2, -0.15) is 0 Å². The Kier molecular flexibility index (Phi) is 65.5. The zero-order valence-corrected chi connectivity index (χ0v) is 63.1. The van der Waals surface area contributed by atoms with Crippen LogP contribution in [0.25, 0.3) is 0 Å². The van der Waals surface area contributed by atoms with Crippen molar-refractivity contribution in [2.75, 3.05) is 39.6 Å². The van der Waals surface area contributed by atoms with Gasteiger partial charge in [-0.25, -0.2) is 9.13 Å². The van der Waals surface area contributed by atoms with Gasteiger partial charge in [0.1, 0.15) is 19.3 Å². The first-order valence-corrected chi connectivity index (χ1v) is 42.0. The Morgan fingerprint density at radius 2 is 0.543 bits per heavy atom. The van der Waals surface area contributed by atoms with E-state index < -0.39 is 97.5 Å². The van der Waals surface area contributed by atoms with Crippen molar-refractivity contribution in [3.8, 4) is 0 Å². The Hall–Kier alpha value is -1.94. The first-order valence-electron chi connectivity index (χ1n) is 39.0. The standard InChI is InChI=1S/C75H146O17P2/c1-7-10-12-14-16-18-19-20-25-29-32-35-39-46-52-58-73(78)86-63-70(91-74(79)59-53-47-40-36-33-30-27-24-22-21-23-26-28-31-34-37-44-50-56-68(6)9-3)65-89-93(81,82)87-61-69(76)62-88-94(83,84)90-66-71(64-85-72(77)57-51-45-38-17-15-13-11-8-2)92-75(80)60-54-48-42-41-43-49-55-67(4)5/h67-71,76H,7-66H2,1-6H3,(H,81,82)(H,83,84)/t68?,69-,70-,71-/m1/s1. The average Bonchev–Trinajstić information content (AvgIpc) is 2.79. The average molecular weight is 1380 g/mol. The fourth-order valence-corrected chi connectivity index (χ4v) is 13.0. The molecule has 0 aliphatic heterocycles. The lowest BCUT2D eigenvalue weighted by Crippen LogP contribution is -2.30. The minimum Gasteiger partial charge on any atom is -0.462 e. The fourth-order valence-electron chi connectivity index (χ4n) is 11.4. The summed E-state index contributed by atoms with van der Waals surface area (Å²) in [6, 6.07) is 0. The second-order valence-corrected chi connectivity index (χ2v) is 30.7. The van der Waals surface area contributed by atoms with Crippen molar-refractivity contribution in [3.05, 3.63) is 0 Å². The van der Waals surface area contributed by atoms with Crippen LogP contribution in [0, 0.1) is 11.8 Å². The van der Waals surface area contributed by atoms with Gasteiger partial charge < -0.3 is 33.8 Å². The van der Waals surface area contributed by atoms with Crippen LogP contribution in [-0.2, 0) is 65.4 Å². The number of aliphatic hydroxyl groups excluding tert-OH is 1. The van der Waals surface area contributed by atoms with E-state index in [9.17, 15) is 43.2 Å². The van der Waals surface area contributed by atoms with Crippen LogP contribution in [-0.4, -0.2) is 96.7 Å². The molecule has 0 fully saturated rings. The van der Waals surface area contributed by atoms with E-state index in [-0.39, 0.29) is 25.7 Å². The van der Waals surface area contributed by atoms with Gasteiger partial charge >= 0.3 is 39.5 Å². The minimum atomic E-state index is -4.96. The molecule has 0 aromatic carbocycles. The van der Waals surface area contributed by atoms with Crippen molar-refractivity contribution >= 4 is 39.5 Å². The molecule has 3 N–H and O–H groups in total. The minimum absolute atomic E-state index is 0.102. The molecule has 0 saturated carbocycles. The van der Waals surface area contributed by atoms with E-state index in [0.717, 1.165) is 102 Å². The van der Waals surface area contributed by atoms with E-state index in [1.807, 2.05) is 0 Å². The van der Waals surface area contributed by atoms with E-state index in [1.54, 1.807) is 0 Å². The lowest BCUT2D eigenvalue weighted by molar-refractivity contribution is -0.161.